The average molecular weight is 342 g/mol. The highest BCUT2D eigenvalue weighted by Gasteiger charge is 2.19. The van der Waals surface area contributed by atoms with E-state index in [1.807, 2.05) is 12.1 Å². The highest BCUT2D eigenvalue weighted by Crippen LogP contribution is 2.38. The summed E-state index contributed by atoms with van der Waals surface area (Å²) >= 11 is 5.11. The first-order chi connectivity index (χ1) is 9.08. The molecule has 2 rings (SSSR count). The summed E-state index contributed by atoms with van der Waals surface area (Å²) in [6.07, 6.45) is 0. The number of halogens is 1. The van der Waals surface area contributed by atoms with Gasteiger partial charge < -0.3 is 15.2 Å². The van der Waals surface area contributed by atoms with Crippen LogP contribution in [0.25, 0.3) is 0 Å². The fourth-order valence-electron chi connectivity index (χ4n) is 1.98. The molecule has 1 aromatic carbocycles. The van der Waals surface area contributed by atoms with E-state index in [4.69, 9.17) is 15.2 Å². The van der Waals surface area contributed by atoms with Crippen molar-refractivity contribution in [3.8, 4) is 11.5 Å². The molecule has 1 atom stereocenters. The maximum absolute atomic E-state index is 6.37. The summed E-state index contributed by atoms with van der Waals surface area (Å²) in [5, 5.41) is 4.17. The first-order valence-corrected chi connectivity index (χ1v) is 7.51. The lowest BCUT2D eigenvalue weighted by atomic mass is 9.98. The third-order valence-electron chi connectivity index (χ3n) is 3.07. The Labute approximate surface area is 125 Å². The Morgan fingerprint density at radius 3 is 2.32 bits per heavy atom. The van der Waals surface area contributed by atoms with Gasteiger partial charge in [0, 0.05) is 5.56 Å². The minimum atomic E-state index is -0.219. The van der Waals surface area contributed by atoms with Gasteiger partial charge in [0.05, 0.1) is 24.7 Å². The van der Waals surface area contributed by atoms with Crippen LogP contribution in [-0.4, -0.2) is 14.2 Å². The summed E-state index contributed by atoms with van der Waals surface area (Å²) in [6.45, 7) is 2.06. The zero-order chi connectivity index (χ0) is 14.0. The van der Waals surface area contributed by atoms with Crippen LogP contribution in [0.4, 0.5) is 0 Å². The van der Waals surface area contributed by atoms with E-state index >= 15 is 0 Å². The Kier molecular flexibility index (Phi) is 4.50. The molecule has 0 radical (unpaired) electrons. The molecule has 0 aliphatic carbocycles. The smallest absolute Gasteiger partial charge is 0.133 e. The minimum absolute atomic E-state index is 0.219. The molecule has 0 fully saturated rings. The van der Waals surface area contributed by atoms with Gasteiger partial charge in [0.15, 0.2) is 0 Å². The zero-order valence-electron chi connectivity index (χ0n) is 11.1. The SMILES string of the molecule is COc1cc(C(N)c2cscc2C)c(OC)cc1Br. The molecule has 0 amide bonds. The summed E-state index contributed by atoms with van der Waals surface area (Å²) in [5.74, 6) is 1.50. The second kappa shape index (κ2) is 5.94. The van der Waals surface area contributed by atoms with Crippen molar-refractivity contribution in [3.05, 3.63) is 44.1 Å². The minimum Gasteiger partial charge on any atom is -0.496 e. The average Bonchev–Trinajstić information content (AvgIpc) is 2.83. The molecule has 2 N–H and O–H groups in total. The second-order valence-electron chi connectivity index (χ2n) is 4.22. The first kappa shape index (κ1) is 14.4. The lowest BCUT2D eigenvalue weighted by Gasteiger charge is -2.18. The van der Waals surface area contributed by atoms with Crippen molar-refractivity contribution in [2.75, 3.05) is 14.2 Å². The predicted molar refractivity (Wildman–Crippen MR) is 82.3 cm³/mol. The third-order valence-corrected chi connectivity index (χ3v) is 4.57. The first-order valence-electron chi connectivity index (χ1n) is 5.78. The van der Waals surface area contributed by atoms with Crippen LogP contribution >= 0.6 is 27.3 Å². The molecule has 0 aliphatic heterocycles. The van der Waals surface area contributed by atoms with Gasteiger partial charge in [0.1, 0.15) is 11.5 Å². The molecule has 5 heteroatoms. The molecule has 1 heterocycles. The number of nitrogens with two attached hydrogens (primary N) is 1. The Hall–Kier alpha value is -1.04. The molecule has 2 aromatic rings. The van der Waals surface area contributed by atoms with Crippen LogP contribution in [0.1, 0.15) is 22.7 Å². The molecule has 0 saturated carbocycles. The number of thiophene rings is 1. The van der Waals surface area contributed by atoms with Crippen LogP contribution in [0, 0.1) is 6.92 Å². The molecule has 0 aliphatic rings. The van der Waals surface area contributed by atoms with Crippen LogP contribution in [0.5, 0.6) is 11.5 Å². The summed E-state index contributed by atoms with van der Waals surface area (Å²) in [4.78, 5) is 0. The fourth-order valence-corrected chi connectivity index (χ4v) is 3.36. The number of hydrogen-bond donors (Lipinski definition) is 1. The maximum Gasteiger partial charge on any atom is 0.133 e. The summed E-state index contributed by atoms with van der Waals surface area (Å²) < 4.78 is 11.6. The molecular formula is C14H16BrNO2S. The van der Waals surface area contributed by atoms with Gasteiger partial charge in [-0.3, -0.25) is 0 Å². The number of hydrogen-bond acceptors (Lipinski definition) is 4. The van der Waals surface area contributed by atoms with Crippen LogP contribution < -0.4 is 15.2 Å². The maximum atomic E-state index is 6.37. The van der Waals surface area contributed by atoms with Crippen molar-refractivity contribution in [1.82, 2.24) is 0 Å². The fraction of sp³-hybridized carbons (Fsp3) is 0.286. The number of methoxy groups -OCH3 is 2. The van der Waals surface area contributed by atoms with Gasteiger partial charge in [0.2, 0.25) is 0 Å². The largest absolute Gasteiger partial charge is 0.496 e. The van der Waals surface area contributed by atoms with Gasteiger partial charge in [0.25, 0.3) is 0 Å². The summed E-state index contributed by atoms with van der Waals surface area (Å²) in [5.41, 5.74) is 9.60. The summed E-state index contributed by atoms with van der Waals surface area (Å²) in [7, 11) is 3.28. The monoisotopic (exact) mass is 341 g/mol. The highest BCUT2D eigenvalue weighted by molar-refractivity contribution is 9.10. The lowest BCUT2D eigenvalue weighted by molar-refractivity contribution is 0.395. The molecule has 3 nitrogen and oxygen atoms in total. The number of ether oxygens (including phenoxy) is 2. The van der Waals surface area contributed by atoms with E-state index in [0.717, 1.165) is 27.1 Å². The molecule has 1 unspecified atom stereocenters. The van der Waals surface area contributed by atoms with Crippen molar-refractivity contribution in [2.24, 2.45) is 5.73 Å². The number of aryl methyl sites for hydroxylation is 1. The van der Waals surface area contributed by atoms with Crippen LogP contribution in [0.15, 0.2) is 27.4 Å². The van der Waals surface area contributed by atoms with Crippen molar-refractivity contribution >= 4 is 27.3 Å². The van der Waals surface area contributed by atoms with Gasteiger partial charge in [-0.2, -0.15) is 11.3 Å². The molecule has 0 spiro atoms. The highest BCUT2D eigenvalue weighted by atomic mass is 79.9. The van der Waals surface area contributed by atoms with Crippen molar-refractivity contribution < 1.29 is 9.47 Å². The van der Waals surface area contributed by atoms with Gasteiger partial charge in [-0.25, -0.2) is 0 Å². The Bertz CT molecular complexity index is 583. The Morgan fingerprint density at radius 2 is 1.79 bits per heavy atom. The number of benzene rings is 1. The second-order valence-corrected chi connectivity index (χ2v) is 5.81. The van der Waals surface area contributed by atoms with Crippen molar-refractivity contribution in [1.29, 1.82) is 0 Å². The van der Waals surface area contributed by atoms with Gasteiger partial charge in [-0.15, -0.1) is 0 Å². The van der Waals surface area contributed by atoms with Gasteiger partial charge in [-0.1, -0.05) is 0 Å². The van der Waals surface area contributed by atoms with Gasteiger partial charge >= 0.3 is 0 Å². The Morgan fingerprint density at radius 1 is 1.11 bits per heavy atom. The quantitative estimate of drug-likeness (QED) is 0.917. The van der Waals surface area contributed by atoms with E-state index in [1.54, 1.807) is 25.6 Å². The van der Waals surface area contributed by atoms with Crippen LogP contribution in [0.2, 0.25) is 0 Å². The standard InChI is InChI=1S/C14H16BrNO2S/c1-8-6-19-7-10(8)14(16)9-4-13(18-3)11(15)5-12(9)17-2/h4-7,14H,16H2,1-3H3. The van der Waals surface area contributed by atoms with E-state index in [2.05, 4.69) is 33.6 Å². The van der Waals surface area contributed by atoms with Gasteiger partial charge in [-0.05, 0) is 56.9 Å². The Balaban J connectivity index is 2.51. The predicted octanol–water partition coefficient (Wildman–Crippen LogP) is 3.88. The lowest BCUT2D eigenvalue weighted by Crippen LogP contribution is -2.13. The third kappa shape index (κ3) is 2.78. The topological polar surface area (TPSA) is 44.5 Å². The zero-order valence-corrected chi connectivity index (χ0v) is 13.5. The normalized spacial score (nSPS) is 12.3. The van der Waals surface area contributed by atoms with E-state index in [9.17, 15) is 0 Å². The van der Waals surface area contributed by atoms with Crippen molar-refractivity contribution in [3.63, 3.8) is 0 Å². The number of rotatable bonds is 4. The molecule has 0 bridgehead atoms. The van der Waals surface area contributed by atoms with Crippen LogP contribution in [0.3, 0.4) is 0 Å². The van der Waals surface area contributed by atoms with E-state index in [0.29, 0.717) is 0 Å². The molecule has 19 heavy (non-hydrogen) atoms. The molecule has 102 valence electrons. The van der Waals surface area contributed by atoms with E-state index < -0.39 is 0 Å². The van der Waals surface area contributed by atoms with E-state index in [-0.39, 0.29) is 6.04 Å². The van der Waals surface area contributed by atoms with Crippen LogP contribution in [-0.2, 0) is 0 Å². The summed E-state index contributed by atoms with van der Waals surface area (Å²) in [6, 6.07) is 3.59. The molecule has 0 saturated heterocycles. The van der Waals surface area contributed by atoms with Crippen molar-refractivity contribution in [2.45, 2.75) is 13.0 Å². The molecular weight excluding hydrogens is 326 g/mol. The molecule has 1 aromatic heterocycles. The van der Waals surface area contributed by atoms with E-state index in [1.165, 1.54) is 5.56 Å².